The molecule has 0 unspecified atom stereocenters. The highest BCUT2D eigenvalue weighted by molar-refractivity contribution is 7.89. The Morgan fingerprint density at radius 1 is 1.08 bits per heavy atom. The average Bonchev–Trinajstić information content (AvgIpc) is 2.68. The average molecular weight is 379 g/mol. The molecule has 1 aliphatic heterocycles. The number of benzene rings is 1. The smallest absolute Gasteiger partial charge is 0.253 e. The van der Waals surface area contributed by atoms with Gasteiger partial charge in [0.05, 0.1) is 4.90 Å². The van der Waals surface area contributed by atoms with Gasteiger partial charge in [-0.25, -0.2) is 8.42 Å². The molecule has 1 amide bonds. The van der Waals surface area contributed by atoms with Crippen LogP contribution in [0, 0.1) is 5.92 Å². The molecule has 0 aromatic heterocycles. The summed E-state index contributed by atoms with van der Waals surface area (Å²) in [7, 11) is -1.67. The predicted octanol–water partition coefficient (Wildman–Crippen LogP) is 3.51. The fourth-order valence-electron chi connectivity index (χ4n) is 4.04. The first-order valence-electron chi connectivity index (χ1n) is 9.77. The number of sulfonamides is 1. The van der Waals surface area contributed by atoms with Crippen molar-refractivity contribution < 1.29 is 13.2 Å². The van der Waals surface area contributed by atoms with Crippen LogP contribution in [0.4, 0.5) is 0 Å². The maximum Gasteiger partial charge on any atom is 0.253 e. The molecule has 0 atom stereocenters. The lowest BCUT2D eigenvalue weighted by atomic mass is 9.86. The molecule has 0 radical (unpaired) electrons. The minimum absolute atomic E-state index is 0.0831. The fraction of sp³-hybridized carbons (Fsp3) is 0.650. The Bertz CT molecular complexity index is 733. The number of amides is 1. The van der Waals surface area contributed by atoms with Crippen LogP contribution in [0.2, 0.25) is 0 Å². The summed E-state index contributed by atoms with van der Waals surface area (Å²) < 4.78 is 27.3. The number of hydrogen-bond donors (Lipinski definition) is 0. The van der Waals surface area contributed by atoms with Crippen LogP contribution < -0.4 is 0 Å². The van der Waals surface area contributed by atoms with Crippen molar-refractivity contribution in [2.45, 2.75) is 62.8 Å². The lowest BCUT2D eigenvalue weighted by Gasteiger charge is -2.33. The summed E-state index contributed by atoms with van der Waals surface area (Å²) >= 11 is 0. The Balaban J connectivity index is 1.77. The van der Waals surface area contributed by atoms with Crippen LogP contribution in [0.1, 0.15) is 62.2 Å². The van der Waals surface area contributed by atoms with E-state index in [0.29, 0.717) is 18.7 Å². The molecule has 1 aliphatic carbocycles. The monoisotopic (exact) mass is 378 g/mol. The SMILES string of the molecule is CC1CCC(N(C)C(=O)c2cccc(S(=O)(=O)N3CCCCC3)c2)CC1. The molecule has 2 fully saturated rings. The molecule has 1 heterocycles. The highest BCUT2D eigenvalue weighted by Gasteiger charge is 2.28. The highest BCUT2D eigenvalue weighted by Crippen LogP contribution is 2.28. The van der Waals surface area contributed by atoms with Crippen LogP contribution in [0.3, 0.4) is 0 Å². The number of rotatable bonds is 4. The zero-order chi connectivity index (χ0) is 18.7. The standard InChI is InChI=1S/C20H30N2O3S/c1-16-9-11-18(12-10-16)21(2)20(23)17-7-6-8-19(15-17)26(24,25)22-13-4-3-5-14-22/h6-8,15-16,18H,3-5,9-14H2,1-2H3. The molecule has 0 bridgehead atoms. The minimum Gasteiger partial charge on any atom is -0.339 e. The molecular weight excluding hydrogens is 348 g/mol. The van der Waals surface area contributed by atoms with Crippen molar-refractivity contribution in [2.75, 3.05) is 20.1 Å². The van der Waals surface area contributed by atoms with E-state index in [1.807, 2.05) is 7.05 Å². The van der Waals surface area contributed by atoms with Crippen LogP contribution in [0.5, 0.6) is 0 Å². The Morgan fingerprint density at radius 3 is 2.38 bits per heavy atom. The lowest BCUT2D eigenvalue weighted by molar-refractivity contribution is 0.0679. The number of hydrogen-bond acceptors (Lipinski definition) is 3. The third-order valence-electron chi connectivity index (χ3n) is 5.89. The van der Waals surface area contributed by atoms with Crippen LogP contribution >= 0.6 is 0 Å². The quantitative estimate of drug-likeness (QED) is 0.805. The summed E-state index contributed by atoms with van der Waals surface area (Å²) in [4.78, 5) is 14.9. The van der Waals surface area contributed by atoms with Crippen molar-refractivity contribution in [2.24, 2.45) is 5.92 Å². The van der Waals surface area contributed by atoms with Gasteiger partial charge in [-0.1, -0.05) is 19.4 Å². The van der Waals surface area contributed by atoms with Gasteiger partial charge in [0.1, 0.15) is 0 Å². The number of piperidine rings is 1. The van der Waals surface area contributed by atoms with E-state index >= 15 is 0 Å². The molecule has 3 rings (SSSR count). The van der Waals surface area contributed by atoms with Gasteiger partial charge in [-0.2, -0.15) is 4.31 Å². The summed E-state index contributed by atoms with van der Waals surface area (Å²) in [5.74, 6) is 0.646. The highest BCUT2D eigenvalue weighted by atomic mass is 32.2. The first kappa shape index (κ1) is 19.4. The first-order valence-corrected chi connectivity index (χ1v) is 11.2. The molecule has 2 aliphatic rings. The molecule has 0 spiro atoms. The molecule has 1 saturated heterocycles. The molecule has 1 aromatic carbocycles. The van der Waals surface area contributed by atoms with Gasteiger partial charge in [0.15, 0.2) is 0 Å². The fourth-order valence-corrected chi connectivity index (χ4v) is 5.61. The molecule has 5 nitrogen and oxygen atoms in total. The maximum absolute atomic E-state index is 12.9. The summed E-state index contributed by atoms with van der Waals surface area (Å²) in [6.07, 6.45) is 7.22. The van der Waals surface area contributed by atoms with E-state index in [9.17, 15) is 13.2 Å². The number of carbonyl (C=O) groups is 1. The van der Waals surface area contributed by atoms with Gasteiger partial charge >= 0.3 is 0 Å². The van der Waals surface area contributed by atoms with E-state index in [-0.39, 0.29) is 16.8 Å². The molecule has 6 heteroatoms. The third-order valence-corrected chi connectivity index (χ3v) is 7.78. The number of carbonyl (C=O) groups excluding carboxylic acids is 1. The van der Waals surface area contributed by atoms with Gasteiger partial charge in [0.25, 0.3) is 5.91 Å². The Kier molecular flexibility index (Phi) is 6.03. The predicted molar refractivity (Wildman–Crippen MR) is 103 cm³/mol. The molecule has 144 valence electrons. The molecular formula is C20H30N2O3S. The normalized spacial score (nSPS) is 25.0. The van der Waals surface area contributed by atoms with E-state index < -0.39 is 10.0 Å². The van der Waals surface area contributed by atoms with Crippen LogP contribution in [0.15, 0.2) is 29.2 Å². The minimum atomic E-state index is -3.51. The summed E-state index contributed by atoms with van der Waals surface area (Å²) in [6, 6.07) is 6.80. The van der Waals surface area contributed by atoms with Gasteiger partial charge < -0.3 is 4.90 Å². The van der Waals surface area contributed by atoms with Gasteiger partial charge in [0.2, 0.25) is 10.0 Å². The molecule has 1 saturated carbocycles. The van der Waals surface area contributed by atoms with Crippen LogP contribution in [0.25, 0.3) is 0 Å². The van der Waals surface area contributed by atoms with Crippen molar-refractivity contribution in [3.8, 4) is 0 Å². The molecule has 1 aromatic rings. The zero-order valence-corrected chi connectivity index (χ0v) is 16.7. The van der Waals surface area contributed by atoms with Gasteiger partial charge in [0, 0.05) is 31.7 Å². The lowest BCUT2D eigenvalue weighted by Crippen LogP contribution is -2.39. The maximum atomic E-state index is 12.9. The van der Waals surface area contributed by atoms with E-state index in [2.05, 4.69) is 6.92 Å². The topological polar surface area (TPSA) is 57.7 Å². The second-order valence-electron chi connectivity index (χ2n) is 7.82. The second-order valence-corrected chi connectivity index (χ2v) is 9.76. The van der Waals surface area contributed by atoms with Crippen molar-refractivity contribution >= 4 is 15.9 Å². The number of nitrogens with zero attached hydrogens (tertiary/aromatic N) is 2. The van der Waals surface area contributed by atoms with Crippen LogP contribution in [-0.4, -0.2) is 49.7 Å². The molecule has 0 N–H and O–H groups in total. The largest absolute Gasteiger partial charge is 0.339 e. The van der Waals surface area contributed by atoms with Crippen molar-refractivity contribution in [1.29, 1.82) is 0 Å². The Hall–Kier alpha value is -1.40. The van der Waals surface area contributed by atoms with Crippen molar-refractivity contribution in [3.63, 3.8) is 0 Å². The van der Waals surface area contributed by atoms with E-state index in [4.69, 9.17) is 0 Å². The summed E-state index contributed by atoms with van der Waals surface area (Å²) in [5.41, 5.74) is 0.462. The Morgan fingerprint density at radius 2 is 1.73 bits per heavy atom. The van der Waals surface area contributed by atoms with E-state index in [0.717, 1.165) is 50.9 Å². The summed E-state index contributed by atoms with van der Waals surface area (Å²) in [6.45, 7) is 3.40. The van der Waals surface area contributed by atoms with E-state index in [1.54, 1.807) is 33.5 Å². The van der Waals surface area contributed by atoms with Gasteiger partial charge in [-0.3, -0.25) is 4.79 Å². The van der Waals surface area contributed by atoms with Gasteiger partial charge in [-0.05, 0) is 62.6 Å². The van der Waals surface area contributed by atoms with Gasteiger partial charge in [-0.15, -0.1) is 0 Å². The van der Waals surface area contributed by atoms with Crippen LogP contribution in [-0.2, 0) is 10.0 Å². The third kappa shape index (κ3) is 4.12. The van der Waals surface area contributed by atoms with Crippen molar-refractivity contribution in [3.05, 3.63) is 29.8 Å². The van der Waals surface area contributed by atoms with E-state index in [1.165, 1.54) is 0 Å². The summed E-state index contributed by atoms with van der Waals surface area (Å²) in [5, 5.41) is 0. The Labute approximate surface area is 157 Å². The second kappa shape index (κ2) is 8.09. The van der Waals surface area contributed by atoms with Crippen molar-refractivity contribution in [1.82, 2.24) is 9.21 Å². The zero-order valence-electron chi connectivity index (χ0n) is 15.9. The first-order chi connectivity index (χ1) is 12.4. The molecule has 26 heavy (non-hydrogen) atoms.